The van der Waals surface area contributed by atoms with Crippen LogP contribution in [0.2, 0.25) is 0 Å². The van der Waals surface area contributed by atoms with Crippen molar-refractivity contribution in [3.8, 4) is 5.75 Å². The summed E-state index contributed by atoms with van der Waals surface area (Å²) >= 11 is 3.38. The molecule has 0 aliphatic heterocycles. The number of ketones is 1. The van der Waals surface area contributed by atoms with Crippen LogP contribution in [0.25, 0.3) is 11.0 Å². The Morgan fingerprint density at radius 3 is 2.48 bits per heavy atom. The first-order valence-electron chi connectivity index (χ1n) is 8.22. The molecular formula is C19H18BrNO5S. The molecular weight excluding hydrogens is 434 g/mol. The van der Waals surface area contributed by atoms with Crippen molar-refractivity contribution in [2.75, 3.05) is 11.3 Å². The van der Waals surface area contributed by atoms with Gasteiger partial charge in [0.1, 0.15) is 17.1 Å². The van der Waals surface area contributed by atoms with Gasteiger partial charge in [-0.05, 0) is 73.1 Å². The number of halogens is 1. The van der Waals surface area contributed by atoms with Crippen LogP contribution in [0.4, 0.5) is 5.69 Å². The second-order valence-corrected chi connectivity index (χ2v) is 8.47. The number of benzene rings is 2. The molecule has 0 fully saturated rings. The van der Waals surface area contributed by atoms with Gasteiger partial charge in [-0.2, -0.15) is 0 Å². The average molecular weight is 452 g/mol. The smallest absolute Gasteiger partial charge is 0.261 e. The molecule has 0 saturated carbocycles. The van der Waals surface area contributed by atoms with Crippen molar-refractivity contribution in [3.63, 3.8) is 0 Å². The molecule has 1 N–H and O–H groups in total. The topological polar surface area (TPSA) is 85.6 Å². The molecule has 0 spiro atoms. The van der Waals surface area contributed by atoms with Gasteiger partial charge in [0.25, 0.3) is 10.0 Å². The Hall–Kier alpha value is -2.32. The van der Waals surface area contributed by atoms with Crippen molar-refractivity contribution in [1.82, 2.24) is 0 Å². The van der Waals surface area contributed by atoms with E-state index < -0.39 is 10.0 Å². The highest BCUT2D eigenvalue weighted by Gasteiger charge is 2.20. The number of fused-ring (bicyclic) bond motifs is 1. The number of carbonyl (C=O) groups excluding carboxylic acids is 1. The molecule has 0 saturated heterocycles. The lowest BCUT2D eigenvalue weighted by molar-refractivity contribution is 0.101. The molecule has 0 atom stereocenters. The van der Waals surface area contributed by atoms with E-state index in [4.69, 9.17) is 9.15 Å². The Balaban J connectivity index is 2.00. The zero-order chi connectivity index (χ0) is 19.8. The number of sulfonamides is 1. The minimum absolute atomic E-state index is 0.109. The lowest BCUT2D eigenvalue weighted by atomic mass is 10.1. The van der Waals surface area contributed by atoms with Gasteiger partial charge in [-0.25, -0.2) is 8.42 Å². The van der Waals surface area contributed by atoms with Crippen LogP contribution in [0.5, 0.6) is 5.75 Å². The van der Waals surface area contributed by atoms with Gasteiger partial charge in [0.15, 0.2) is 5.78 Å². The maximum Gasteiger partial charge on any atom is 0.261 e. The Bertz CT molecular complexity index is 1120. The van der Waals surface area contributed by atoms with E-state index >= 15 is 0 Å². The second-order valence-electron chi connectivity index (χ2n) is 5.93. The number of Topliss-reactive ketones (excluding diaryl/α,β-unsaturated/α-hetero) is 1. The fourth-order valence-electron chi connectivity index (χ4n) is 2.87. The average Bonchev–Trinajstić information content (AvgIpc) is 2.92. The minimum Gasteiger partial charge on any atom is -0.494 e. The molecule has 0 unspecified atom stereocenters. The lowest BCUT2D eigenvalue weighted by Crippen LogP contribution is -2.13. The fraction of sp³-hybridized carbons (Fsp3) is 0.211. The second kappa shape index (κ2) is 7.36. The first-order valence-corrected chi connectivity index (χ1v) is 10.5. The van der Waals surface area contributed by atoms with Gasteiger partial charge in [0.05, 0.1) is 27.2 Å². The number of aryl methyl sites for hydroxylation is 1. The zero-order valence-corrected chi connectivity index (χ0v) is 17.4. The van der Waals surface area contributed by atoms with Crippen molar-refractivity contribution >= 4 is 48.4 Å². The van der Waals surface area contributed by atoms with Crippen LogP contribution in [0.3, 0.4) is 0 Å². The molecule has 2 aromatic carbocycles. The predicted molar refractivity (Wildman–Crippen MR) is 107 cm³/mol. The fourth-order valence-corrected chi connectivity index (χ4v) is 4.45. The first-order chi connectivity index (χ1) is 12.7. The molecule has 0 aliphatic rings. The van der Waals surface area contributed by atoms with Gasteiger partial charge < -0.3 is 9.15 Å². The van der Waals surface area contributed by atoms with Crippen molar-refractivity contribution in [2.24, 2.45) is 0 Å². The minimum atomic E-state index is -3.80. The third-order valence-electron chi connectivity index (χ3n) is 3.97. The van der Waals surface area contributed by atoms with E-state index in [1.54, 1.807) is 31.2 Å². The quantitative estimate of drug-likeness (QED) is 0.538. The summed E-state index contributed by atoms with van der Waals surface area (Å²) < 4.78 is 39.4. The van der Waals surface area contributed by atoms with Crippen molar-refractivity contribution in [2.45, 2.75) is 25.7 Å². The Kier molecular flexibility index (Phi) is 5.30. The molecule has 3 rings (SSSR count). The van der Waals surface area contributed by atoms with Crippen LogP contribution in [-0.4, -0.2) is 20.8 Å². The lowest BCUT2D eigenvalue weighted by Gasteiger charge is -2.10. The van der Waals surface area contributed by atoms with Gasteiger partial charge in [0, 0.05) is 5.39 Å². The summed E-state index contributed by atoms with van der Waals surface area (Å²) in [7, 11) is -3.80. The number of furan rings is 1. The van der Waals surface area contributed by atoms with Crippen LogP contribution >= 0.6 is 15.9 Å². The molecule has 0 aliphatic carbocycles. The van der Waals surface area contributed by atoms with Crippen molar-refractivity contribution in [3.05, 3.63) is 52.2 Å². The highest BCUT2D eigenvalue weighted by atomic mass is 79.9. The number of anilines is 1. The van der Waals surface area contributed by atoms with E-state index in [9.17, 15) is 13.2 Å². The summed E-state index contributed by atoms with van der Waals surface area (Å²) in [6.07, 6.45) is 0. The summed E-state index contributed by atoms with van der Waals surface area (Å²) in [5.41, 5.74) is 1.26. The first kappa shape index (κ1) is 19.4. The van der Waals surface area contributed by atoms with Crippen LogP contribution in [0, 0.1) is 6.92 Å². The highest BCUT2D eigenvalue weighted by molar-refractivity contribution is 9.10. The summed E-state index contributed by atoms with van der Waals surface area (Å²) in [5.74, 6) is 0.940. The molecule has 6 nitrogen and oxygen atoms in total. The van der Waals surface area contributed by atoms with Crippen LogP contribution in [-0.2, 0) is 10.0 Å². The molecule has 1 heterocycles. The van der Waals surface area contributed by atoms with E-state index in [2.05, 4.69) is 20.7 Å². The molecule has 8 heteroatoms. The summed E-state index contributed by atoms with van der Waals surface area (Å²) in [6, 6.07) is 9.35. The number of nitrogens with one attached hydrogen (secondary N) is 1. The van der Waals surface area contributed by atoms with Gasteiger partial charge >= 0.3 is 0 Å². The zero-order valence-electron chi connectivity index (χ0n) is 15.0. The van der Waals surface area contributed by atoms with Gasteiger partial charge in [-0.1, -0.05) is 0 Å². The maximum absolute atomic E-state index is 12.7. The Morgan fingerprint density at radius 2 is 1.89 bits per heavy atom. The monoisotopic (exact) mass is 451 g/mol. The van der Waals surface area contributed by atoms with Crippen LogP contribution in [0.1, 0.15) is 30.0 Å². The third-order valence-corrected chi connectivity index (χ3v) is 5.96. The largest absolute Gasteiger partial charge is 0.494 e. The Labute approximate surface area is 165 Å². The number of rotatable bonds is 6. The van der Waals surface area contributed by atoms with E-state index in [0.717, 1.165) is 0 Å². The molecule has 1 aromatic heterocycles. The van der Waals surface area contributed by atoms with E-state index in [0.29, 0.717) is 44.8 Å². The van der Waals surface area contributed by atoms with Gasteiger partial charge in [-0.15, -0.1) is 0 Å². The molecule has 27 heavy (non-hydrogen) atoms. The van der Waals surface area contributed by atoms with Gasteiger partial charge in [-0.3, -0.25) is 9.52 Å². The predicted octanol–water partition coefficient (Wildman–Crippen LogP) is 4.91. The summed E-state index contributed by atoms with van der Waals surface area (Å²) in [5, 5.41) is 0.554. The maximum atomic E-state index is 12.7. The van der Waals surface area contributed by atoms with Gasteiger partial charge in [0.2, 0.25) is 0 Å². The SMILES string of the molecule is CCOc1ccc(S(=O)(=O)Nc2cc(Br)c3oc(C)c(C(C)=O)c3c2)cc1. The standard InChI is InChI=1S/C19H18BrNO5S/c1-4-25-14-5-7-15(8-6-14)27(23,24)21-13-9-16-18(11(2)22)12(3)26-19(16)17(20)10-13/h5-10,21H,4H2,1-3H3. The van der Waals surface area contributed by atoms with Crippen LogP contribution in [0.15, 0.2) is 50.2 Å². The molecule has 0 bridgehead atoms. The third kappa shape index (κ3) is 3.86. The summed E-state index contributed by atoms with van der Waals surface area (Å²) in [6.45, 7) is 5.50. The highest BCUT2D eigenvalue weighted by Crippen LogP contribution is 2.35. The van der Waals surface area contributed by atoms with E-state index in [1.807, 2.05) is 6.92 Å². The molecule has 142 valence electrons. The van der Waals surface area contributed by atoms with Crippen molar-refractivity contribution in [1.29, 1.82) is 0 Å². The van der Waals surface area contributed by atoms with Crippen molar-refractivity contribution < 1.29 is 22.4 Å². The number of hydrogen-bond acceptors (Lipinski definition) is 5. The molecule has 3 aromatic rings. The number of hydrogen-bond donors (Lipinski definition) is 1. The number of ether oxygens (including phenoxy) is 1. The molecule has 0 radical (unpaired) electrons. The molecule has 0 amide bonds. The summed E-state index contributed by atoms with van der Waals surface area (Å²) in [4.78, 5) is 12.0. The van der Waals surface area contributed by atoms with E-state index in [-0.39, 0.29) is 10.7 Å². The van der Waals surface area contributed by atoms with Crippen LogP contribution < -0.4 is 9.46 Å². The van der Waals surface area contributed by atoms with E-state index in [1.165, 1.54) is 19.1 Å². The Morgan fingerprint density at radius 1 is 1.22 bits per heavy atom. The normalized spacial score (nSPS) is 11.6. The number of carbonyl (C=O) groups is 1.